The van der Waals surface area contributed by atoms with E-state index in [0.717, 1.165) is 50.6 Å². The Kier molecular flexibility index (Phi) is 7.97. The van der Waals surface area contributed by atoms with Crippen LogP contribution in [0.4, 0.5) is 0 Å². The van der Waals surface area contributed by atoms with Gasteiger partial charge >= 0.3 is 0 Å². The molecule has 0 aliphatic carbocycles. The lowest BCUT2D eigenvalue weighted by Crippen LogP contribution is -2.47. The number of piperazine rings is 1. The van der Waals surface area contributed by atoms with Gasteiger partial charge < -0.3 is 4.74 Å². The van der Waals surface area contributed by atoms with Crippen molar-refractivity contribution in [2.45, 2.75) is 26.3 Å². The van der Waals surface area contributed by atoms with E-state index in [4.69, 9.17) is 4.74 Å². The fraction of sp³-hybridized carbons (Fsp3) is 0.391. The molecule has 1 unspecified atom stereocenters. The second-order valence-corrected chi connectivity index (χ2v) is 7.60. The number of halogens is 2. The first kappa shape index (κ1) is 22.8. The van der Waals surface area contributed by atoms with Gasteiger partial charge in [-0.3, -0.25) is 9.80 Å². The van der Waals surface area contributed by atoms with Crippen molar-refractivity contribution < 1.29 is 4.74 Å². The van der Waals surface area contributed by atoms with Gasteiger partial charge in [0, 0.05) is 44.3 Å². The molecule has 0 aromatic heterocycles. The lowest BCUT2D eigenvalue weighted by atomic mass is 9.95. The molecule has 1 fully saturated rings. The summed E-state index contributed by atoms with van der Waals surface area (Å²) in [7, 11) is 0. The Balaban J connectivity index is 0.00000140. The molecule has 1 saturated heterocycles. The van der Waals surface area contributed by atoms with Crippen molar-refractivity contribution in [3.63, 3.8) is 0 Å². The summed E-state index contributed by atoms with van der Waals surface area (Å²) < 4.78 is 6.34. The van der Waals surface area contributed by atoms with Crippen molar-refractivity contribution in [1.29, 1.82) is 0 Å². The Morgan fingerprint density at radius 1 is 0.964 bits per heavy atom. The molecule has 2 heterocycles. The quantitative estimate of drug-likeness (QED) is 0.623. The fourth-order valence-corrected chi connectivity index (χ4v) is 4.19. The van der Waals surface area contributed by atoms with Gasteiger partial charge in [-0.1, -0.05) is 41.5 Å². The van der Waals surface area contributed by atoms with Gasteiger partial charge in [0.05, 0.1) is 0 Å². The predicted octanol–water partition coefficient (Wildman–Crippen LogP) is 5.34. The van der Waals surface area contributed by atoms with Gasteiger partial charge in [0.1, 0.15) is 11.5 Å². The number of nitrogens with zero attached hydrogens (tertiary/aromatic N) is 2. The van der Waals surface area contributed by atoms with Crippen LogP contribution in [0, 0.1) is 13.8 Å². The summed E-state index contributed by atoms with van der Waals surface area (Å²) in [6.45, 7) is 13.6. The summed E-state index contributed by atoms with van der Waals surface area (Å²) in [5.41, 5.74) is 5.24. The molecule has 2 aliphatic heterocycles. The number of rotatable bonds is 3. The molecule has 2 aliphatic rings. The number of hydrogen-bond donors (Lipinski definition) is 0. The van der Waals surface area contributed by atoms with Crippen molar-refractivity contribution in [3.8, 4) is 11.5 Å². The van der Waals surface area contributed by atoms with Crippen LogP contribution in [0.15, 0.2) is 49.1 Å². The first-order chi connectivity index (χ1) is 12.6. The Bertz CT molecular complexity index is 816. The van der Waals surface area contributed by atoms with Crippen LogP contribution in [-0.2, 0) is 6.42 Å². The van der Waals surface area contributed by atoms with Gasteiger partial charge in [-0.2, -0.15) is 0 Å². The maximum absolute atomic E-state index is 6.34. The largest absolute Gasteiger partial charge is 0.457 e. The van der Waals surface area contributed by atoms with Crippen molar-refractivity contribution >= 4 is 24.8 Å². The van der Waals surface area contributed by atoms with Crippen molar-refractivity contribution in [2.24, 2.45) is 0 Å². The summed E-state index contributed by atoms with van der Waals surface area (Å²) in [4.78, 5) is 5.12. The highest BCUT2D eigenvalue weighted by molar-refractivity contribution is 5.85. The third-order valence-corrected chi connectivity index (χ3v) is 5.61. The second-order valence-electron chi connectivity index (χ2n) is 7.60. The molecule has 152 valence electrons. The minimum absolute atomic E-state index is 0. The summed E-state index contributed by atoms with van der Waals surface area (Å²) in [5.74, 6) is 2.02. The molecule has 28 heavy (non-hydrogen) atoms. The standard InChI is InChI=1S/C23H28N2O.2ClH/c1-4-9-24-10-12-25(13-11-24)21-16-19-14-17(2)5-7-22(19)26-23-8-6-18(3)15-20(21)23;;/h4-8,14-15,21H,1,9-13,16H2,2-3H3;2*1H. The van der Waals surface area contributed by atoms with E-state index in [-0.39, 0.29) is 24.8 Å². The van der Waals surface area contributed by atoms with E-state index in [9.17, 15) is 0 Å². The third-order valence-electron chi connectivity index (χ3n) is 5.61. The van der Waals surface area contributed by atoms with Crippen LogP contribution < -0.4 is 4.74 Å². The molecule has 0 bridgehead atoms. The van der Waals surface area contributed by atoms with Crippen molar-refractivity contribution in [2.75, 3.05) is 32.7 Å². The Morgan fingerprint density at radius 2 is 1.61 bits per heavy atom. The van der Waals surface area contributed by atoms with E-state index in [1.165, 1.54) is 22.3 Å². The van der Waals surface area contributed by atoms with Crippen LogP contribution >= 0.6 is 24.8 Å². The van der Waals surface area contributed by atoms with Gasteiger partial charge in [-0.05, 0) is 38.0 Å². The number of fused-ring (bicyclic) bond motifs is 2. The number of aryl methyl sites for hydroxylation is 2. The average Bonchev–Trinajstić information content (AvgIpc) is 2.79. The Labute approximate surface area is 181 Å². The molecule has 0 N–H and O–H groups in total. The van der Waals surface area contributed by atoms with Gasteiger partial charge in [0.25, 0.3) is 0 Å². The highest BCUT2D eigenvalue weighted by Crippen LogP contribution is 2.41. The third kappa shape index (κ3) is 4.72. The molecular weight excluding hydrogens is 391 g/mol. The zero-order valence-corrected chi connectivity index (χ0v) is 18.3. The highest BCUT2D eigenvalue weighted by Gasteiger charge is 2.30. The minimum atomic E-state index is 0. The molecule has 0 saturated carbocycles. The van der Waals surface area contributed by atoms with E-state index < -0.39 is 0 Å². The minimum Gasteiger partial charge on any atom is -0.457 e. The van der Waals surface area contributed by atoms with Gasteiger partial charge in [-0.15, -0.1) is 31.4 Å². The van der Waals surface area contributed by atoms with Gasteiger partial charge in [0.15, 0.2) is 0 Å². The number of ether oxygens (including phenoxy) is 1. The molecule has 4 rings (SSSR count). The molecule has 3 nitrogen and oxygen atoms in total. The maximum atomic E-state index is 6.34. The monoisotopic (exact) mass is 420 g/mol. The maximum Gasteiger partial charge on any atom is 0.132 e. The van der Waals surface area contributed by atoms with Crippen LogP contribution in [0.5, 0.6) is 11.5 Å². The first-order valence-electron chi connectivity index (χ1n) is 9.59. The average molecular weight is 421 g/mol. The van der Waals surface area contributed by atoms with E-state index in [0.29, 0.717) is 6.04 Å². The Hall–Kier alpha value is -1.52. The number of benzene rings is 2. The van der Waals surface area contributed by atoms with Crippen LogP contribution in [0.2, 0.25) is 0 Å². The summed E-state index contributed by atoms with van der Waals surface area (Å²) in [6.07, 6.45) is 3.02. The number of hydrogen-bond acceptors (Lipinski definition) is 3. The molecule has 0 radical (unpaired) electrons. The van der Waals surface area contributed by atoms with Crippen LogP contribution in [-0.4, -0.2) is 42.5 Å². The van der Waals surface area contributed by atoms with Crippen LogP contribution in [0.1, 0.15) is 28.3 Å². The van der Waals surface area contributed by atoms with Crippen LogP contribution in [0.25, 0.3) is 0 Å². The predicted molar refractivity (Wildman–Crippen MR) is 122 cm³/mol. The van der Waals surface area contributed by atoms with Crippen LogP contribution in [0.3, 0.4) is 0 Å². The molecule has 1 atom stereocenters. The smallest absolute Gasteiger partial charge is 0.132 e. The molecule has 0 spiro atoms. The zero-order valence-electron chi connectivity index (χ0n) is 16.7. The SMILES string of the molecule is C=CCN1CCN(C2Cc3cc(C)ccc3Oc3ccc(C)cc32)CC1.Cl.Cl. The molecule has 0 amide bonds. The van der Waals surface area contributed by atoms with Gasteiger partial charge in [0.2, 0.25) is 0 Å². The van der Waals surface area contributed by atoms with E-state index in [1.54, 1.807) is 0 Å². The van der Waals surface area contributed by atoms with Crippen molar-refractivity contribution in [3.05, 3.63) is 71.3 Å². The zero-order chi connectivity index (χ0) is 18.1. The van der Waals surface area contributed by atoms with E-state index >= 15 is 0 Å². The molecule has 2 aromatic rings. The molecule has 5 heteroatoms. The van der Waals surface area contributed by atoms with Gasteiger partial charge in [-0.25, -0.2) is 0 Å². The fourth-order valence-electron chi connectivity index (χ4n) is 4.19. The van der Waals surface area contributed by atoms with E-state index in [1.807, 2.05) is 6.08 Å². The first-order valence-corrected chi connectivity index (χ1v) is 9.59. The lowest BCUT2D eigenvalue weighted by molar-refractivity contribution is 0.103. The highest BCUT2D eigenvalue weighted by atomic mass is 35.5. The normalized spacial score (nSPS) is 19.1. The second kappa shape index (κ2) is 9.80. The Morgan fingerprint density at radius 3 is 2.29 bits per heavy atom. The summed E-state index contributed by atoms with van der Waals surface area (Å²) in [6, 6.07) is 13.5. The topological polar surface area (TPSA) is 15.7 Å². The van der Waals surface area contributed by atoms with Crippen molar-refractivity contribution in [1.82, 2.24) is 9.80 Å². The summed E-state index contributed by atoms with van der Waals surface area (Å²) in [5, 5.41) is 0. The lowest BCUT2D eigenvalue weighted by Gasteiger charge is -2.39. The molecule has 2 aromatic carbocycles. The summed E-state index contributed by atoms with van der Waals surface area (Å²) >= 11 is 0. The molecular formula is C23H30Cl2N2O. The van der Waals surface area contributed by atoms with E-state index in [2.05, 4.69) is 66.6 Å².